The van der Waals surface area contributed by atoms with E-state index in [2.05, 4.69) is 21.2 Å². The van der Waals surface area contributed by atoms with Gasteiger partial charge in [-0.15, -0.1) is 0 Å². The second-order valence-corrected chi connectivity index (χ2v) is 5.31. The van der Waals surface area contributed by atoms with Crippen LogP contribution in [-0.4, -0.2) is 17.6 Å². The third-order valence-corrected chi connectivity index (χ3v) is 3.31. The van der Waals surface area contributed by atoms with E-state index in [0.29, 0.717) is 17.3 Å². The van der Waals surface area contributed by atoms with Crippen LogP contribution in [0.25, 0.3) is 0 Å². The van der Waals surface area contributed by atoms with E-state index in [9.17, 15) is 18.0 Å². The molecule has 0 amide bonds. The lowest BCUT2D eigenvalue weighted by molar-refractivity contribution is -0.141. The largest absolute Gasteiger partial charge is 0.481 e. The van der Waals surface area contributed by atoms with Gasteiger partial charge < -0.3 is 10.4 Å². The Morgan fingerprint density at radius 1 is 1.45 bits per heavy atom. The molecule has 1 unspecified atom stereocenters. The monoisotopic (exact) mass is 353 g/mol. The Morgan fingerprint density at radius 3 is 2.60 bits per heavy atom. The van der Waals surface area contributed by atoms with Crippen LogP contribution in [0.4, 0.5) is 18.9 Å². The molecule has 7 heteroatoms. The SMILES string of the molecule is CCCC(CNc1ccc(Br)cc1C(F)(F)F)C(=O)O. The summed E-state index contributed by atoms with van der Waals surface area (Å²) in [6.07, 6.45) is -3.42. The molecule has 0 aliphatic heterocycles. The van der Waals surface area contributed by atoms with Crippen LogP contribution in [0.15, 0.2) is 22.7 Å². The Morgan fingerprint density at radius 2 is 2.10 bits per heavy atom. The number of rotatable bonds is 6. The van der Waals surface area contributed by atoms with E-state index in [-0.39, 0.29) is 12.2 Å². The quantitative estimate of drug-likeness (QED) is 0.797. The van der Waals surface area contributed by atoms with Gasteiger partial charge in [0.05, 0.1) is 11.5 Å². The number of carboxylic acid groups (broad SMARTS) is 1. The van der Waals surface area contributed by atoms with Gasteiger partial charge in [0.1, 0.15) is 0 Å². The number of carboxylic acids is 1. The molecule has 2 N–H and O–H groups in total. The number of hydrogen-bond acceptors (Lipinski definition) is 2. The van der Waals surface area contributed by atoms with Gasteiger partial charge in [-0.2, -0.15) is 13.2 Å². The fourth-order valence-electron chi connectivity index (χ4n) is 1.80. The molecule has 0 spiro atoms. The maximum absolute atomic E-state index is 12.9. The fraction of sp³-hybridized carbons (Fsp3) is 0.462. The van der Waals surface area contributed by atoms with Crippen LogP contribution in [0, 0.1) is 5.92 Å². The molecule has 3 nitrogen and oxygen atoms in total. The van der Waals surface area contributed by atoms with Crippen LogP contribution in [0.2, 0.25) is 0 Å². The van der Waals surface area contributed by atoms with Crippen LogP contribution in [-0.2, 0) is 11.0 Å². The summed E-state index contributed by atoms with van der Waals surface area (Å²) in [7, 11) is 0. The van der Waals surface area contributed by atoms with E-state index >= 15 is 0 Å². The van der Waals surface area contributed by atoms with Crippen molar-refractivity contribution in [1.82, 2.24) is 0 Å². The summed E-state index contributed by atoms with van der Waals surface area (Å²) in [6, 6.07) is 3.74. The lowest BCUT2D eigenvalue weighted by atomic mass is 10.0. The normalized spacial score (nSPS) is 13.1. The van der Waals surface area contributed by atoms with Crippen LogP contribution in [0.1, 0.15) is 25.3 Å². The lowest BCUT2D eigenvalue weighted by Gasteiger charge is -2.17. The third-order valence-electron chi connectivity index (χ3n) is 2.81. The first kappa shape index (κ1) is 16.8. The van der Waals surface area contributed by atoms with Crippen molar-refractivity contribution in [3.63, 3.8) is 0 Å². The zero-order valence-corrected chi connectivity index (χ0v) is 12.4. The second-order valence-electron chi connectivity index (χ2n) is 4.39. The number of carbonyl (C=O) groups is 1. The predicted octanol–water partition coefficient (Wildman–Crippen LogP) is 4.38. The molecule has 0 aromatic heterocycles. The van der Waals surface area contributed by atoms with Crippen molar-refractivity contribution in [2.75, 3.05) is 11.9 Å². The molecular formula is C13H15BrF3NO2. The average molecular weight is 354 g/mol. The topological polar surface area (TPSA) is 49.3 Å². The Hall–Kier alpha value is -1.24. The highest BCUT2D eigenvalue weighted by Gasteiger charge is 2.34. The van der Waals surface area contributed by atoms with Crippen LogP contribution >= 0.6 is 15.9 Å². The smallest absolute Gasteiger partial charge is 0.418 e. The molecule has 0 aliphatic rings. The summed E-state index contributed by atoms with van der Waals surface area (Å²) in [5, 5.41) is 11.6. The highest BCUT2D eigenvalue weighted by Crippen LogP contribution is 2.36. The first-order chi connectivity index (χ1) is 9.25. The Kier molecular flexibility index (Phi) is 5.86. The molecule has 0 fully saturated rings. The standard InChI is InChI=1S/C13H15BrF3NO2/c1-2-3-8(12(19)20)7-18-11-5-4-9(14)6-10(11)13(15,16)17/h4-6,8,18H,2-3,7H2,1H3,(H,19,20). The first-order valence-electron chi connectivity index (χ1n) is 6.09. The van der Waals surface area contributed by atoms with Crippen LogP contribution in [0.5, 0.6) is 0 Å². The van der Waals surface area contributed by atoms with Crippen molar-refractivity contribution in [3.05, 3.63) is 28.2 Å². The Balaban J connectivity index is 2.89. The average Bonchev–Trinajstić information content (AvgIpc) is 2.34. The van der Waals surface area contributed by atoms with E-state index in [1.807, 2.05) is 6.92 Å². The number of anilines is 1. The number of aliphatic carboxylic acids is 1. The van der Waals surface area contributed by atoms with Gasteiger partial charge in [0, 0.05) is 16.7 Å². The Labute approximate surface area is 123 Å². The van der Waals surface area contributed by atoms with E-state index in [1.54, 1.807) is 0 Å². The van der Waals surface area contributed by atoms with Crippen molar-refractivity contribution >= 4 is 27.6 Å². The highest BCUT2D eigenvalue weighted by molar-refractivity contribution is 9.10. The van der Waals surface area contributed by atoms with Crippen molar-refractivity contribution < 1.29 is 23.1 Å². The minimum atomic E-state index is -4.49. The van der Waals surface area contributed by atoms with Gasteiger partial charge in [0.15, 0.2) is 0 Å². The molecule has 20 heavy (non-hydrogen) atoms. The molecular weight excluding hydrogens is 339 g/mol. The maximum Gasteiger partial charge on any atom is 0.418 e. The molecule has 112 valence electrons. The summed E-state index contributed by atoms with van der Waals surface area (Å²) in [4.78, 5) is 11.0. The number of benzene rings is 1. The summed E-state index contributed by atoms with van der Waals surface area (Å²) < 4.78 is 39.0. The highest BCUT2D eigenvalue weighted by atomic mass is 79.9. The van der Waals surface area contributed by atoms with E-state index in [4.69, 9.17) is 5.11 Å². The van der Waals surface area contributed by atoms with Gasteiger partial charge in [-0.05, 0) is 24.6 Å². The molecule has 0 aliphatic carbocycles. The van der Waals surface area contributed by atoms with Gasteiger partial charge in [0.25, 0.3) is 0 Å². The summed E-state index contributed by atoms with van der Waals surface area (Å²) in [5.41, 5.74) is -0.921. The molecule has 0 radical (unpaired) electrons. The molecule has 0 saturated carbocycles. The van der Waals surface area contributed by atoms with Gasteiger partial charge >= 0.3 is 12.1 Å². The van der Waals surface area contributed by atoms with E-state index < -0.39 is 23.6 Å². The minimum absolute atomic E-state index is 0.0338. The van der Waals surface area contributed by atoms with Crippen LogP contribution in [0.3, 0.4) is 0 Å². The summed E-state index contributed by atoms with van der Waals surface area (Å²) >= 11 is 3.00. The van der Waals surface area contributed by atoms with E-state index in [1.165, 1.54) is 12.1 Å². The molecule has 1 aromatic rings. The number of halogens is 4. The first-order valence-corrected chi connectivity index (χ1v) is 6.88. The van der Waals surface area contributed by atoms with Crippen molar-refractivity contribution in [2.24, 2.45) is 5.92 Å². The zero-order valence-electron chi connectivity index (χ0n) is 10.8. The van der Waals surface area contributed by atoms with Gasteiger partial charge in [-0.3, -0.25) is 4.79 Å². The molecule has 0 heterocycles. The van der Waals surface area contributed by atoms with E-state index in [0.717, 1.165) is 6.07 Å². The molecule has 1 atom stereocenters. The van der Waals surface area contributed by atoms with Gasteiger partial charge in [0.2, 0.25) is 0 Å². The maximum atomic E-state index is 12.9. The predicted molar refractivity (Wildman–Crippen MR) is 73.7 cm³/mol. The molecule has 1 rings (SSSR count). The minimum Gasteiger partial charge on any atom is -0.481 e. The lowest BCUT2D eigenvalue weighted by Crippen LogP contribution is -2.23. The fourth-order valence-corrected chi connectivity index (χ4v) is 2.16. The van der Waals surface area contributed by atoms with Crippen molar-refractivity contribution in [2.45, 2.75) is 25.9 Å². The molecule has 1 aromatic carbocycles. The summed E-state index contributed by atoms with van der Waals surface area (Å²) in [6.45, 7) is 1.80. The van der Waals surface area contributed by atoms with Crippen LogP contribution < -0.4 is 5.32 Å². The Bertz CT molecular complexity index is 477. The number of hydrogen-bond donors (Lipinski definition) is 2. The van der Waals surface area contributed by atoms with Gasteiger partial charge in [-0.1, -0.05) is 29.3 Å². The summed E-state index contributed by atoms with van der Waals surface area (Å²) in [5.74, 6) is -1.71. The van der Waals surface area contributed by atoms with Crippen molar-refractivity contribution in [1.29, 1.82) is 0 Å². The second kappa shape index (κ2) is 6.97. The third kappa shape index (κ3) is 4.70. The zero-order chi connectivity index (χ0) is 15.3. The molecule has 0 saturated heterocycles. The van der Waals surface area contributed by atoms with Crippen molar-refractivity contribution in [3.8, 4) is 0 Å². The number of nitrogens with one attached hydrogen (secondary N) is 1. The van der Waals surface area contributed by atoms with Gasteiger partial charge in [-0.25, -0.2) is 0 Å². The number of alkyl halides is 3. The molecule has 0 bridgehead atoms.